The highest BCUT2D eigenvalue weighted by Crippen LogP contribution is 2.30. The molecule has 4 heteroatoms. The van der Waals surface area contributed by atoms with E-state index in [0.717, 1.165) is 12.8 Å². The van der Waals surface area contributed by atoms with Gasteiger partial charge in [0.05, 0.1) is 0 Å². The topological polar surface area (TPSA) is 49.4 Å². The van der Waals surface area contributed by atoms with Crippen molar-refractivity contribution in [3.8, 4) is 0 Å². The number of rotatable bonds is 6. The third-order valence-electron chi connectivity index (χ3n) is 4.56. The second-order valence-electron chi connectivity index (χ2n) is 6.46. The van der Waals surface area contributed by atoms with Gasteiger partial charge in [-0.15, -0.1) is 0 Å². The Labute approximate surface area is 123 Å². The van der Waals surface area contributed by atoms with Crippen molar-refractivity contribution in [2.45, 2.75) is 84.8 Å². The minimum atomic E-state index is -0.707. The molecule has 0 aromatic carbocycles. The van der Waals surface area contributed by atoms with Crippen LogP contribution in [0.25, 0.3) is 0 Å². The predicted octanol–water partition coefficient (Wildman–Crippen LogP) is 2.72. The van der Waals surface area contributed by atoms with Gasteiger partial charge in [-0.25, -0.2) is 0 Å². The van der Waals surface area contributed by atoms with Crippen LogP contribution >= 0.6 is 0 Å². The lowest BCUT2D eigenvalue weighted by Gasteiger charge is -2.49. The van der Waals surface area contributed by atoms with Crippen LogP contribution in [0.3, 0.4) is 0 Å². The van der Waals surface area contributed by atoms with E-state index in [4.69, 9.17) is 0 Å². The molecule has 1 saturated heterocycles. The smallest absolute Gasteiger partial charge is 0.246 e. The molecule has 4 nitrogen and oxygen atoms in total. The minimum absolute atomic E-state index is 0.00264. The van der Waals surface area contributed by atoms with E-state index in [1.54, 1.807) is 0 Å². The van der Waals surface area contributed by atoms with Crippen LogP contribution in [0, 0.1) is 5.92 Å². The maximum absolute atomic E-state index is 12.9. The number of amides is 2. The third kappa shape index (κ3) is 2.99. The number of piperazine rings is 1. The molecule has 0 spiro atoms. The van der Waals surface area contributed by atoms with Crippen LogP contribution in [-0.2, 0) is 9.59 Å². The fourth-order valence-electron chi connectivity index (χ4n) is 3.09. The van der Waals surface area contributed by atoms with E-state index in [1.165, 1.54) is 0 Å². The van der Waals surface area contributed by atoms with Gasteiger partial charge in [0, 0.05) is 6.04 Å². The highest BCUT2D eigenvalue weighted by Gasteiger charge is 2.50. The van der Waals surface area contributed by atoms with Crippen molar-refractivity contribution in [2.24, 2.45) is 5.92 Å². The summed E-state index contributed by atoms with van der Waals surface area (Å²) in [4.78, 5) is 27.3. The molecule has 1 fully saturated rings. The van der Waals surface area contributed by atoms with Crippen molar-refractivity contribution in [3.05, 3.63) is 0 Å². The van der Waals surface area contributed by atoms with Gasteiger partial charge >= 0.3 is 0 Å². The van der Waals surface area contributed by atoms with Gasteiger partial charge in [-0.2, -0.15) is 0 Å². The highest BCUT2D eigenvalue weighted by atomic mass is 16.2. The van der Waals surface area contributed by atoms with Crippen LogP contribution in [0.2, 0.25) is 0 Å². The number of hydrogen-bond acceptors (Lipinski definition) is 2. The van der Waals surface area contributed by atoms with E-state index in [9.17, 15) is 9.59 Å². The Bertz CT molecular complexity index is 363. The average Bonchev–Trinajstić information content (AvgIpc) is 2.40. The molecule has 1 aliphatic heterocycles. The number of carbonyl (C=O) groups excluding carboxylic acids is 2. The van der Waals surface area contributed by atoms with Gasteiger partial charge in [0.25, 0.3) is 0 Å². The zero-order chi connectivity index (χ0) is 15.5. The average molecular weight is 282 g/mol. The Morgan fingerprint density at radius 1 is 1.20 bits per heavy atom. The summed E-state index contributed by atoms with van der Waals surface area (Å²) in [6.45, 7) is 12.2. The van der Waals surface area contributed by atoms with E-state index >= 15 is 0 Å². The molecule has 0 aromatic rings. The van der Waals surface area contributed by atoms with Crippen molar-refractivity contribution < 1.29 is 9.59 Å². The SMILES string of the molecule is CCC(CC)N1C(=O)C(CC(C)C)NC(=O)C1(C)CC. The summed E-state index contributed by atoms with van der Waals surface area (Å²) in [7, 11) is 0. The van der Waals surface area contributed by atoms with Crippen molar-refractivity contribution >= 4 is 11.8 Å². The van der Waals surface area contributed by atoms with Crippen molar-refractivity contribution in [1.29, 1.82) is 0 Å². The summed E-state index contributed by atoms with van der Waals surface area (Å²) in [5.41, 5.74) is -0.707. The van der Waals surface area contributed by atoms with E-state index in [2.05, 4.69) is 33.0 Å². The number of nitrogens with one attached hydrogen (secondary N) is 1. The molecule has 2 atom stereocenters. The molecule has 0 aromatic heterocycles. The molecular formula is C16H30N2O2. The second kappa shape index (κ2) is 6.59. The Morgan fingerprint density at radius 2 is 1.75 bits per heavy atom. The van der Waals surface area contributed by atoms with Gasteiger partial charge < -0.3 is 10.2 Å². The van der Waals surface area contributed by atoms with Gasteiger partial charge in [0.1, 0.15) is 11.6 Å². The van der Waals surface area contributed by atoms with Crippen LogP contribution in [0.4, 0.5) is 0 Å². The van der Waals surface area contributed by atoms with Gasteiger partial charge in [-0.05, 0) is 38.5 Å². The molecule has 1 rings (SSSR count). The molecule has 1 N–H and O–H groups in total. The summed E-state index contributed by atoms with van der Waals surface area (Å²) in [6, 6.07) is -0.212. The lowest BCUT2D eigenvalue weighted by Crippen LogP contribution is -2.71. The molecule has 116 valence electrons. The standard InChI is InChI=1S/C16H30N2O2/c1-7-12(8-2)18-14(19)13(10-11(4)5)17-15(20)16(18,6)9-3/h11-13H,7-10H2,1-6H3,(H,17,20). The predicted molar refractivity (Wildman–Crippen MR) is 81.3 cm³/mol. The van der Waals surface area contributed by atoms with E-state index < -0.39 is 5.54 Å². The van der Waals surface area contributed by atoms with Crippen molar-refractivity contribution in [3.63, 3.8) is 0 Å². The lowest BCUT2D eigenvalue weighted by molar-refractivity contribution is -0.161. The third-order valence-corrected chi connectivity index (χ3v) is 4.56. The van der Waals surface area contributed by atoms with Gasteiger partial charge in [0.2, 0.25) is 11.8 Å². The second-order valence-corrected chi connectivity index (χ2v) is 6.46. The molecule has 20 heavy (non-hydrogen) atoms. The Morgan fingerprint density at radius 3 is 2.15 bits per heavy atom. The first-order chi connectivity index (χ1) is 9.31. The van der Waals surface area contributed by atoms with Crippen LogP contribution < -0.4 is 5.32 Å². The molecule has 0 saturated carbocycles. The minimum Gasteiger partial charge on any atom is -0.342 e. The Kier molecular flexibility index (Phi) is 5.60. The first-order valence-electron chi connectivity index (χ1n) is 7.95. The highest BCUT2D eigenvalue weighted by molar-refractivity contribution is 5.99. The number of carbonyl (C=O) groups is 2. The maximum Gasteiger partial charge on any atom is 0.246 e. The van der Waals surface area contributed by atoms with E-state index in [0.29, 0.717) is 18.8 Å². The number of hydrogen-bond donors (Lipinski definition) is 1. The molecular weight excluding hydrogens is 252 g/mol. The van der Waals surface area contributed by atoms with E-state index in [1.807, 2.05) is 18.7 Å². The van der Waals surface area contributed by atoms with Gasteiger partial charge in [-0.1, -0.05) is 34.6 Å². The van der Waals surface area contributed by atoms with Gasteiger partial charge in [0.15, 0.2) is 0 Å². The quantitative estimate of drug-likeness (QED) is 0.814. The summed E-state index contributed by atoms with van der Waals surface area (Å²) in [5, 5.41) is 2.94. The molecule has 1 aliphatic rings. The fraction of sp³-hybridized carbons (Fsp3) is 0.875. The van der Waals surface area contributed by atoms with Crippen molar-refractivity contribution in [2.75, 3.05) is 0 Å². The van der Waals surface area contributed by atoms with Crippen LogP contribution in [0.1, 0.15) is 67.2 Å². The first-order valence-corrected chi connectivity index (χ1v) is 7.95. The zero-order valence-electron chi connectivity index (χ0n) is 13.8. The maximum atomic E-state index is 12.9. The molecule has 0 radical (unpaired) electrons. The lowest BCUT2D eigenvalue weighted by atomic mass is 9.86. The molecule has 2 unspecified atom stereocenters. The van der Waals surface area contributed by atoms with Crippen LogP contribution in [0.15, 0.2) is 0 Å². The summed E-state index contributed by atoms with van der Waals surface area (Å²) in [5.74, 6) is 0.479. The fourth-order valence-corrected chi connectivity index (χ4v) is 3.09. The molecule has 0 bridgehead atoms. The zero-order valence-corrected chi connectivity index (χ0v) is 13.8. The first kappa shape index (κ1) is 17.0. The largest absolute Gasteiger partial charge is 0.342 e. The molecule has 0 aliphatic carbocycles. The van der Waals surface area contributed by atoms with Crippen LogP contribution in [-0.4, -0.2) is 34.3 Å². The summed E-state index contributed by atoms with van der Waals surface area (Å²) < 4.78 is 0. The Balaban J connectivity index is 3.14. The summed E-state index contributed by atoms with van der Waals surface area (Å²) >= 11 is 0. The number of nitrogens with zero attached hydrogens (tertiary/aromatic N) is 1. The van der Waals surface area contributed by atoms with Gasteiger partial charge in [-0.3, -0.25) is 9.59 Å². The van der Waals surface area contributed by atoms with Crippen LogP contribution in [0.5, 0.6) is 0 Å². The summed E-state index contributed by atoms with van der Waals surface area (Å²) in [6.07, 6.45) is 3.13. The van der Waals surface area contributed by atoms with E-state index in [-0.39, 0.29) is 23.9 Å². The molecule has 1 heterocycles. The Hall–Kier alpha value is -1.06. The molecule has 2 amide bonds. The normalized spacial score (nSPS) is 27.4. The van der Waals surface area contributed by atoms with Crippen molar-refractivity contribution in [1.82, 2.24) is 10.2 Å². The monoisotopic (exact) mass is 282 g/mol.